The van der Waals surface area contributed by atoms with E-state index in [0.717, 1.165) is 16.9 Å². The fourth-order valence-electron chi connectivity index (χ4n) is 3.42. The van der Waals surface area contributed by atoms with E-state index in [1.54, 1.807) is 11.8 Å². The Hall–Kier alpha value is -3.35. The molecule has 7 nitrogen and oxygen atoms in total. The average molecular weight is 378 g/mol. The highest BCUT2D eigenvalue weighted by atomic mass is 16.5. The second-order valence-electron chi connectivity index (χ2n) is 6.82. The third kappa shape index (κ3) is 3.31. The van der Waals surface area contributed by atoms with Gasteiger partial charge in [0.15, 0.2) is 6.10 Å². The minimum Gasteiger partial charge on any atom is -0.479 e. The molecule has 1 aromatic heterocycles. The Morgan fingerprint density at radius 3 is 2.75 bits per heavy atom. The molecule has 2 aromatic carbocycles. The smallest absolute Gasteiger partial charge is 0.267 e. The summed E-state index contributed by atoms with van der Waals surface area (Å²) in [6.07, 6.45) is -0.352. The molecule has 0 aliphatic carbocycles. The number of hydrogen-bond acceptors (Lipinski definition) is 4. The lowest BCUT2D eigenvalue weighted by Gasteiger charge is -2.32. The number of carbonyl (C=O) groups excluding carboxylic acids is 2. The lowest BCUT2D eigenvalue weighted by atomic mass is 10.1. The molecule has 4 rings (SSSR count). The Morgan fingerprint density at radius 1 is 1.18 bits per heavy atom. The van der Waals surface area contributed by atoms with Crippen molar-refractivity contribution < 1.29 is 14.3 Å². The number of carbonyl (C=O) groups is 2. The number of aromatic nitrogens is 2. The van der Waals surface area contributed by atoms with Gasteiger partial charge in [-0.2, -0.15) is 0 Å². The molecule has 7 heteroatoms. The van der Waals surface area contributed by atoms with Crippen molar-refractivity contribution in [2.75, 3.05) is 11.4 Å². The van der Waals surface area contributed by atoms with Gasteiger partial charge in [0, 0.05) is 20.0 Å². The van der Waals surface area contributed by atoms with Crippen LogP contribution in [0.2, 0.25) is 0 Å². The normalized spacial score (nSPS) is 16.0. The first kappa shape index (κ1) is 18.0. The van der Waals surface area contributed by atoms with Crippen LogP contribution in [-0.2, 0) is 23.2 Å². The summed E-state index contributed by atoms with van der Waals surface area (Å²) in [5.74, 6) is 1.18. The standard InChI is InChI=1S/C21H22N4O3/c1-14-21(27)25(17-9-5-6-10-18(17)28-14)12-11-20(26)22-13-19-23-15-7-3-4-8-16(15)24(19)2/h3-10,14H,11-13H2,1-2H3,(H,22,26). The zero-order valence-corrected chi connectivity index (χ0v) is 15.9. The Morgan fingerprint density at radius 2 is 1.93 bits per heavy atom. The van der Waals surface area contributed by atoms with Crippen molar-refractivity contribution in [2.45, 2.75) is 26.0 Å². The molecule has 0 saturated carbocycles. The van der Waals surface area contributed by atoms with Crippen LogP contribution in [0, 0.1) is 0 Å². The van der Waals surface area contributed by atoms with Crippen molar-refractivity contribution in [1.29, 1.82) is 0 Å². The van der Waals surface area contributed by atoms with Crippen LogP contribution < -0.4 is 15.0 Å². The molecule has 0 spiro atoms. The van der Waals surface area contributed by atoms with Crippen LogP contribution in [-0.4, -0.2) is 34.0 Å². The first-order chi connectivity index (χ1) is 13.5. The van der Waals surface area contributed by atoms with Crippen molar-refractivity contribution in [2.24, 2.45) is 7.05 Å². The summed E-state index contributed by atoms with van der Waals surface area (Å²) in [5.41, 5.74) is 2.63. The molecule has 28 heavy (non-hydrogen) atoms. The highest BCUT2D eigenvalue weighted by Crippen LogP contribution is 2.33. The fourth-order valence-corrected chi connectivity index (χ4v) is 3.42. The van der Waals surface area contributed by atoms with Crippen LogP contribution in [0.1, 0.15) is 19.2 Å². The second-order valence-corrected chi connectivity index (χ2v) is 6.82. The lowest BCUT2D eigenvalue weighted by molar-refractivity contribution is -0.125. The van der Waals surface area contributed by atoms with Crippen LogP contribution in [0.15, 0.2) is 48.5 Å². The van der Waals surface area contributed by atoms with E-state index < -0.39 is 6.10 Å². The third-order valence-corrected chi connectivity index (χ3v) is 4.96. The number of anilines is 1. The van der Waals surface area contributed by atoms with Crippen LogP contribution in [0.5, 0.6) is 5.75 Å². The Bertz CT molecular complexity index is 1040. The molecule has 0 radical (unpaired) electrons. The van der Waals surface area contributed by atoms with Crippen molar-refractivity contribution >= 4 is 28.5 Å². The van der Waals surface area contributed by atoms with Crippen LogP contribution in [0.25, 0.3) is 11.0 Å². The molecule has 2 heterocycles. The topological polar surface area (TPSA) is 76.5 Å². The predicted octanol–water partition coefficient (Wildman–Crippen LogP) is 2.39. The first-order valence-electron chi connectivity index (χ1n) is 9.28. The number of para-hydroxylation sites is 4. The van der Waals surface area contributed by atoms with Crippen molar-refractivity contribution in [1.82, 2.24) is 14.9 Å². The van der Waals surface area contributed by atoms with E-state index in [4.69, 9.17) is 4.74 Å². The van der Waals surface area contributed by atoms with Crippen LogP contribution in [0.3, 0.4) is 0 Å². The molecule has 2 amide bonds. The van der Waals surface area contributed by atoms with Crippen molar-refractivity contribution in [3.63, 3.8) is 0 Å². The van der Waals surface area contributed by atoms with E-state index in [9.17, 15) is 9.59 Å². The number of aryl methyl sites for hydroxylation is 1. The number of fused-ring (bicyclic) bond motifs is 2. The highest BCUT2D eigenvalue weighted by Gasteiger charge is 2.31. The molecule has 144 valence electrons. The molecule has 1 unspecified atom stereocenters. The van der Waals surface area contributed by atoms with Crippen molar-refractivity contribution in [3.05, 3.63) is 54.4 Å². The van der Waals surface area contributed by atoms with Gasteiger partial charge in [-0.05, 0) is 31.2 Å². The molecule has 0 saturated heterocycles. The van der Waals surface area contributed by atoms with Gasteiger partial charge in [-0.25, -0.2) is 4.98 Å². The van der Waals surface area contributed by atoms with Gasteiger partial charge < -0.3 is 19.5 Å². The van der Waals surface area contributed by atoms with E-state index >= 15 is 0 Å². The van der Waals surface area contributed by atoms with Crippen LogP contribution >= 0.6 is 0 Å². The van der Waals surface area contributed by atoms with E-state index in [0.29, 0.717) is 24.5 Å². The monoisotopic (exact) mass is 378 g/mol. The van der Waals surface area contributed by atoms with Gasteiger partial charge in [-0.15, -0.1) is 0 Å². The maximum atomic E-state index is 12.5. The number of benzene rings is 2. The second kappa shape index (κ2) is 7.34. The van der Waals surface area contributed by atoms with E-state index in [1.807, 2.05) is 60.1 Å². The molecule has 1 aliphatic rings. The van der Waals surface area contributed by atoms with Gasteiger partial charge in [0.25, 0.3) is 5.91 Å². The lowest BCUT2D eigenvalue weighted by Crippen LogP contribution is -2.45. The maximum Gasteiger partial charge on any atom is 0.267 e. The summed E-state index contributed by atoms with van der Waals surface area (Å²) in [6, 6.07) is 15.2. The van der Waals surface area contributed by atoms with E-state index in [1.165, 1.54) is 0 Å². The van der Waals surface area contributed by atoms with E-state index in [2.05, 4.69) is 10.3 Å². The molecule has 3 aromatic rings. The number of hydrogen-bond donors (Lipinski definition) is 1. The number of nitrogens with zero attached hydrogens (tertiary/aromatic N) is 3. The number of imidazole rings is 1. The molecule has 1 atom stereocenters. The van der Waals surface area contributed by atoms with Crippen molar-refractivity contribution in [3.8, 4) is 5.75 Å². The van der Waals surface area contributed by atoms with Gasteiger partial charge in [0.05, 0.1) is 23.3 Å². The summed E-state index contributed by atoms with van der Waals surface area (Å²) in [5, 5.41) is 2.90. The summed E-state index contributed by atoms with van der Waals surface area (Å²) < 4.78 is 7.60. The van der Waals surface area contributed by atoms with Gasteiger partial charge in [-0.1, -0.05) is 24.3 Å². The molecule has 1 aliphatic heterocycles. The SMILES string of the molecule is CC1Oc2ccccc2N(CCC(=O)NCc2nc3ccccc3n2C)C1=O. The average Bonchev–Trinajstić information content (AvgIpc) is 3.03. The van der Waals surface area contributed by atoms with Gasteiger partial charge in [-0.3, -0.25) is 9.59 Å². The molecule has 0 fully saturated rings. The summed E-state index contributed by atoms with van der Waals surface area (Å²) in [4.78, 5) is 31.0. The Labute approximate surface area is 162 Å². The number of amides is 2. The Kier molecular flexibility index (Phi) is 4.73. The highest BCUT2D eigenvalue weighted by molar-refractivity contribution is 6.00. The molecule has 0 bridgehead atoms. The van der Waals surface area contributed by atoms with Crippen LogP contribution in [0.4, 0.5) is 5.69 Å². The summed E-state index contributed by atoms with van der Waals surface area (Å²) >= 11 is 0. The van der Waals surface area contributed by atoms with Gasteiger partial charge >= 0.3 is 0 Å². The zero-order chi connectivity index (χ0) is 19.7. The molecular formula is C21H22N4O3. The molecular weight excluding hydrogens is 356 g/mol. The fraction of sp³-hybridized carbons (Fsp3) is 0.286. The number of nitrogens with one attached hydrogen (secondary N) is 1. The minimum atomic E-state index is -0.557. The van der Waals surface area contributed by atoms with E-state index in [-0.39, 0.29) is 18.2 Å². The van der Waals surface area contributed by atoms with Gasteiger partial charge in [0.2, 0.25) is 5.91 Å². The Balaban J connectivity index is 1.39. The molecule has 1 N–H and O–H groups in total. The number of ether oxygens (including phenoxy) is 1. The largest absolute Gasteiger partial charge is 0.479 e. The zero-order valence-electron chi connectivity index (χ0n) is 15.9. The predicted molar refractivity (Wildman–Crippen MR) is 106 cm³/mol. The number of rotatable bonds is 5. The third-order valence-electron chi connectivity index (χ3n) is 4.96. The summed E-state index contributed by atoms with van der Waals surface area (Å²) in [6.45, 7) is 2.36. The summed E-state index contributed by atoms with van der Waals surface area (Å²) in [7, 11) is 1.93. The minimum absolute atomic E-state index is 0.128. The first-order valence-corrected chi connectivity index (χ1v) is 9.28. The van der Waals surface area contributed by atoms with Gasteiger partial charge in [0.1, 0.15) is 11.6 Å². The maximum absolute atomic E-state index is 12.5. The quantitative estimate of drug-likeness (QED) is 0.740.